The zero-order valence-electron chi connectivity index (χ0n) is 15.5. The lowest BCUT2D eigenvalue weighted by Crippen LogP contribution is -2.34. The Labute approximate surface area is 157 Å². The molecule has 144 valence electrons. The number of carbonyl (C=O) groups is 2. The first-order chi connectivity index (χ1) is 12.9. The van der Waals surface area contributed by atoms with Crippen molar-refractivity contribution in [3.05, 3.63) is 41.5 Å². The average Bonchev–Trinajstić information content (AvgIpc) is 3.27. The molecule has 0 aliphatic carbocycles. The summed E-state index contributed by atoms with van der Waals surface area (Å²) >= 11 is 0. The lowest BCUT2D eigenvalue weighted by molar-refractivity contribution is -0.131. The van der Waals surface area contributed by atoms with Crippen molar-refractivity contribution in [3.8, 4) is 5.75 Å². The van der Waals surface area contributed by atoms with Gasteiger partial charge in [-0.15, -0.1) is 0 Å². The summed E-state index contributed by atoms with van der Waals surface area (Å²) in [4.78, 5) is 30.3. The van der Waals surface area contributed by atoms with E-state index in [-0.39, 0.29) is 37.0 Å². The predicted octanol–water partition coefficient (Wildman–Crippen LogP) is 1.86. The van der Waals surface area contributed by atoms with Crippen LogP contribution in [-0.4, -0.2) is 51.5 Å². The molecule has 2 heterocycles. The molecule has 0 spiro atoms. The van der Waals surface area contributed by atoms with Crippen molar-refractivity contribution in [1.29, 1.82) is 0 Å². The molecule has 1 unspecified atom stereocenters. The number of benzene rings is 1. The minimum absolute atomic E-state index is 0.0880. The van der Waals surface area contributed by atoms with E-state index in [1.54, 1.807) is 31.2 Å². The van der Waals surface area contributed by atoms with Gasteiger partial charge < -0.3 is 19.3 Å². The SMILES string of the molecule is CCOc1ccc(C(=O)CCC(=O)N2CCC(O)(c3nc(C)no3)C2)cc1. The maximum absolute atomic E-state index is 12.4. The van der Waals surface area contributed by atoms with Crippen LogP contribution in [0, 0.1) is 6.92 Å². The molecule has 8 nitrogen and oxygen atoms in total. The third-order valence-corrected chi connectivity index (χ3v) is 4.58. The molecule has 2 aromatic rings. The van der Waals surface area contributed by atoms with E-state index >= 15 is 0 Å². The Morgan fingerprint density at radius 2 is 2.04 bits per heavy atom. The number of nitrogens with zero attached hydrogens (tertiary/aromatic N) is 3. The summed E-state index contributed by atoms with van der Waals surface area (Å²) in [5.41, 5.74) is -0.777. The summed E-state index contributed by atoms with van der Waals surface area (Å²) in [6, 6.07) is 6.88. The number of ketones is 1. The van der Waals surface area contributed by atoms with Crippen molar-refractivity contribution in [2.75, 3.05) is 19.7 Å². The molecule has 8 heteroatoms. The van der Waals surface area contributed by atoms with Gasteiger partial charge in [-0.25, -0.2) is 0 Å². The van der Waals surface area contributed by atoms with Gasteiger partial charge in [-0.1, -0.05) is 5.16 Å². The number of amides is 1. The van der Waals surface area contributed by atoms with Gasteiger partial charge in [-0.3, -0.25) is 9.59 Å². The molecule has 1 fully saturated rings. The Hall–Kier alpha value is -2.74. The molecule has 1 saturated heterocycles. The quantitative estimate of drug-likeness (QED) is 0.738. The third-order valence-electron chi connectivity index (χ3n) is 4.58. The van der Waals surface area contributed by atoms with Gasteiger partial charge in [-0.05, 0) is 38.1 Å². The van der Waals surface area contributed by atoms with Gasteiger partial charge >= 0.3 is 0 Å². The van der Waals surface area contributed by atoms with E-state index < -0.39 is 5.60 Å². The predicted molar refractivity (Wildman–Crippen MR) is 95.3 cm³/mol. The summed E-state index contributed by atoms with van der Waals surface area (Å²) in [5.74, 6) is 0.984. The van der Waals surface area contributed by atoms with Gasteiger partial charge in [0.1, 0.15) is 5.75 Å². The minimum atomic E-state index is -1.32. The average molecular weight is 373 g/mol. The molecule has 3 rings (SSSR count). The highest BCUT2D eigenvalue weighted by Crippen LogP contribution is 2.31. The molecule has 1 amide bonds. The van der Waals surface area contributed by atoms with Gasteiger partial charge in [0.2, 0.25) is 5.91 Å². The number of Topliss-reactive ketones (excluding diaryl/α,β-unsaturated/α-hetero) is 1. The standard InChI is InChI=1S/C19H23N3O5/c1-3-26-15-6-4-14(5-7-15)16(23)8-9-17(24)22-11-10-19(25,12-22)18-20-13(2)21-27-18/h4-7,25H,3,8-12H2,1-2H3. The summed E-state index contributed by atoms with van der Waals surface area (Å²) in [6.07, 6.45) is 0.527. The van der Waals surface area contributed by atoms with E-state index in [1.807, 2.05) is 6.92 Å². The van der Waals surface area contributed by atoms with Crippen molar-refractivity contribution in [2.45, 2.75) is 38.7 Å². The van der Waals surface area contributed by atoms with Crippen LogP contribution < -0.4 is 4.74 Å². The minimum Gasteiger partial charge on any atom is -0.494 e. The highest BCUT2D eigenvalue weighted by atomic mass is 16.5. The summed E-state index contributed by atoms with van der Waals surface area (Å²) < 4.78 is 10.4. The lowest BCUT2D eigenvalue weighted by Gasteiger charge is -2.19. The molecule has 0 radical (unpaired) electrons. The number of rotatable bonds is 7. The fourth-order valence-electron chi connectivity index (χ4n) is 3.09. The summed E-state index contributed by atoms with van der Waals surface area (Å²) in [6.45, 7) is 4.59. The zero-order valence-corrected chi connectivity index (χ0v) is 15.5. The lowest BCUT2D eigenvalue weighted by atomic mass is 10.0. The van der Waals surface area contributed by atoms with E-state index in [0.717, 1.165) is 0 Å². The fraction of sp³-hybridized carbons (Fsp3) is 0.474. The fourth-order valence-corrected chi connectivity index (χ4v) is 3.09. The van der Waals surface area contributed by atoms with Crippen LogP contribution >= 0.6 is 0 Å². The highest BCUT2D eigenvalue weighted by Gasteiger charge is 2.43. The Balaban J connectivity index is 1.53. The van der Waals surface area contributed by atoms with Crippen molar-refractivity contribution >= 4 is 11.7 Å². The van der Waals surface area contributed by atoms with Crippen LogP contribution in [0.25, 0.3) is 0 Å². The number of hydrogen-bond donors (Lipinski definition) is 1. The second-order valence-electron chi connectivity index (χ2n) is 6.62. The molecular formula is C19H23N3O5. The molecule has 1 aromatic carbocycles. The Morgan fingerprint density at radius 3 is 2.67 bits per heavy atom. The normalized spacial score (nSPS) is 19.3. The van der Waals surface area contributed by atoms with Crippen LogP contribution in [0.5, 0.6) is 5.75 Å². The molecule has 0 saturated carbocycles. The number of carbonyl (C=O) groups excluding carboxylic acids is 2. The van der Waals surface area contributed by atoms with Gasteiger partial charge in [0.25, 0.3) is 5.89 Å². The number of likely N-dealkylation sites (tertiary alicyclic amines) is 1. The topological polar surface area (TPSA) is 106 Å². The highest BCUT2D eigenvalue weighted by molar-refractivity contribution is 5.98. The first-order valence-corrected chi connectivity index (χ1v) is 8.98. The Morgan fingerprint density at radius 1 is 1.30 bits per heavy atom. The molecule has 1 aromatic heterocycles. The van der Waals surface area contributed by atoms with Crippen LogP contribution in [0.3, 0.4) is 0 Å². The number of aryl methyl sites for hydroxylation is 1. The second kappa shape index (κ2) is 7.87. The maximum atomic E-state index is 12.4. The molecule has 1 aliphatic heterocycles. The number of hydrogen-bond acceptors (Lipinski definition) is 7. The van der Waals surface area contributed by atoms with E-state index in [9.17, 15) is 14.7 Å². The Bertz CT molecular complexity index is 817. The van der Waals surface area contributed by atoms with Crippen molar-refractivity contribution in [3.63, 3.8) is 0 Å². The largest absolute Gasteiger partial charge is 0.494 e. The Kier molecular flexibility index (Phi) is 5.55. The van der Waals surface area contributed by atoms with Crippen LogP contribution in [0.4, 0.5) is 0 Å². The number of aromatic nitrogens is 2. The van der Waals surface area contributed by atoms with E-state index in [0.29, 0.717) is 36.7 Å². The van der Waals surface area contributed by atoms with Gasteiger partial charge in [0.15, 0.2) is 17.2 Å². The van der Waals surface area contributed by atoms with Crippen LogP contribution in [-0.2, 0) is 10.4 Å². The zero-order chi connectivity index (χ0) is 19.4. The third kappa shape index (κ3) is 4.33. The maximum Gasteiger partial charge on any atom is 0.260 e. The molecule has 1 atom stereocenters. The van der Waals surface area contributed by atoms with Crippen molar-refractivity contribution < 1.29 is 24.0 Å². The second-order valence-corrected chi connectivity index (χ2v) is 6.62. The molecule has 27 heavy (non-hydrogen) atoms. The van der Waals surface area contributed by atoms with Crippen molar-refractivity contribution in [1.82, 2.24) is 15.0 Å². The number of ether oxygens (including phenoxy) is 1. The number of β-amino-alcohol motifs (C(OH)–C–C–N with tert-alkyl or cyclic N) is 1. The first kappa shape index (κ1) is 19.0. The smallest absolute Gasteiger partial charge is 0.260 e. The number of aliphatic hydroxyl groups is 1. The summed E-state index contributed by atoms with van der Waals surface area (Å²) in [7, 11) is 0. The van der Waals surface area contributed by atoms with Crippen LogP contribution in [0.15, 0.2) is 28.8 Å². The molecule has 1 N–H and O–H groups in total. The van der Waals surface area contributed by atoms with Crippen LogP contribution in [0.1, 0.15) is 48.3 Å². The first-order valence-electron chi connectivity index (χ1n) is 8.98. The molecule has 0 bridgehead atoms. The van der Waals surface area contributed by atoms with Gasteiger partial charge in [0.05, 0.1) is 13.2 Å². The van der Waals surface area contributed by atoms with Crippen molar-refractivity contribution in [2.24, 2.45) is 0 Å². The monoisotopic (exact) mass is 373 g/mol. The van der Waals surface area contributed by atoms with E-state index in [4.69, 9.17) is 9.26 Å². The van der Waals surface area contributed by atoms with E-state index in [1.165, 1.54) is 4.90 Å². The summed E-state index contributed by atoms with van der Waals surface area (Å²) in [5, 5.41) is 14.3. The van der Waals surface area contributed by atoms with Gasteiger partial charge in [-0.2, -0.15) is 4.98 Å². The molecule has 1 aliphatic rings. The molecular weight excluding hydrogens is 350 g/mol. The van der Waals surface area contributed by atoms with Crippen LogP contribution in [0.2, 0.25) is 0 Å². The van der Waals surface area contributed by atoms with E-state index in [2.05, 4.69) is 10.1 Å². The van der Waals surface area contributed by atoms with Gasteiger partial charge in [0, 0.05) is 31.4 Å².